The van der Waals surface area contributed by atoms with Gasteiger partial charge in [0, 0.05) is 40.4 Å². The minimum atomic E-state index is -1.73. The molecule has 3 atom stereocenters. The summed E-state index contributed by atoms with van der Waals surface area (Å²) < 4.78 is 14.2. The minimum absolute atomic E-state index is 0.0783. The van der Waals surface area contributed by atoms with Crippen LogP contribution in [-0.4, -0.2) is 34.4 Å². The standard InChI is InChI=1S/C33H21FN2O5/c34-22-15-12-20(13-16-22)28-29(30(37)21-7-5-8-23(18-21)36(40)41)35-26-11-4-1-6-19(26)14-17-27(35)33(28)31(38)24-9-2-3-10-25(24)32(33)39/h1-18,27-29H/t27-,28+,29-/m1/s1. The van der Waals surface area contributed by atoms with Crippen molar-refractivity contribution in [2.24, 2.45) is 5.41 Å². The van der Waals surface area contributed by atoms with Crippen molar-refractivity contribution in [1.82, 2.24) is 0 Å². The fourth-order valence-corrected chi connectivity index (χ4v) is 6.90. The zero-order valence-corrected chi connectivity index (χ0v) is 21.4. The maximum Gasteiger partial charge on any atom is 0.270 e. The quantitative estimate of drug-likeness (QED) is 0.134. The predicted octanol–water partition coefficient (Wildman–Crippen LogP) is 6.05. The number of halogens is 1. The highest BCUT2D eigenvalue weighted by Crippen LogP contribution is 2.61. The summed E-state index contributed by atoms with van der Waals surface area (Å²) in [6.45, 7) is 0. The maximum atomic E-state index is 14.6. The van der Waals surface area contributed by atoms with Gasteiger partial charge in [-0.25, -0.2) is 4.39 Å². The number of anilines is 1. The number of Topliss-reactive ketones (excluding diaryl/α,β-unsaturated/α-hetero) is 3. The lowest BCUT2D eigenvalue weighted by Crippen LogP contribution is -2.48. The molecule has 0 unspecified atom stereocenters. The molecule has 4 aromatic rings. The van der Waals surface area contributed by atoms with E-state index in [4.69, 9.17) is 0 Å². The van der Waals surface area contributed by atoms with Crippen LogP contribution in [0.3, 0.4) is 0 Å². The highest BCUT2D eigenvalue weighted by Gasteiger charge is 2.71. The normalized spacial score (nSPS) is 21.5. The first-order chi connectivity index (χ1) is 19.8. The lowest BCUT2D eigenvalue weighted by atomic mass is 9.64. The number of non-ortho nitro benzene ring substituents is 1. The number of carbonyl (C=O) groups is 3. The molecular formula is C33H21FN2O5. The zero-order valence-electron chi connectivity index (χ0n) is 21.4. The molecule has 0 radical (unpaired) electrons. The number of ketones is 3. The molecule has 4 aromatic carbocycles. The zero-order chi connectivity index (χ0) is 28.5. The minimum Gasteiger partial charge on any atom is -0.352 e. The molecule has 0 bridgehead atoms. The molecule has 0 amide bonds. The van der Waals surface area contributed by atoms with Crippen molar-refractivity contribution >= 4 is 34.8 Å². The number of nitrogens with zero attached hydrogens (tertiary/aromatic N) is 2. The molecule has 2 heterocycles. The van der Waals surface area contributed by atoms with E-state index in [1.807, 2.05) is 35.2 Å². The van der Waals surface area contributed by atoms with Crippen LogP contribution >= 0.6 is 0 Å². The number of nitro groups is 1. The highest BCUT2D eigenvalue weighted by atomic mass is 19.1. The highest BCUT2D eigenvalue weighted by molar-refractivity contribution is 6.32. The Morgan fingerprint density at radius 3 is 2.20 bits per heavy atom. The summed E-state index contributed by atoms with van der Waals surface area (Å²) in [7, 11) is 0. The van der Waals surface area contributed by atoms with Gasteiger partial charge in [0.15, 0.2) is 17.3 Å². The summed E-state index contributed by atoms with van der Waals surface area (Å²) in [6, 6.07) is 23.0. The van der Waals surface area contributed by atoms with Gasteiger partial charge >= 0.3 is 0 Å². The summed E-state index contributed by atoms with van der Waals surface area (Å²) in [5.41, 5.74) is 0.556. The number of benzene rings is 4. The Hall–Kier alpha value is -5.24. The van der Waals surface area contributed by atoms with Crippen molar-refractivity contribution in [2.45, 2.75) is 18.0 Å². The average Bonchev–Trinajstić information content (AvgIpc) is 3.43. The third-order valence-electron chi connectivity index (χ3n) is 8.55. The van der Waals surface area contributed by atoms with E-state index in [0.29, 0.717) is 11.3 Å². The van der Waals surface area contributed by atoms with E-state index in [1.54, 1.807) is 30.3 Å². The number of nitro benzene ring substituents is 1. The number of hydrogen-bond acceptors (Lipinski definition) is 6. The van der Waals surface area contributed by atoms with Crippen LogP contribution in [0.1, 0.15) is 48.1 Å². The van der Waals surface area contributed by atoms with Crippen LogP contribution in [0.25, 0.3) is 6.08 Å². The largest absolute Gasteiger partial charge is 0.352 e. The second-order valence-electron chi connectivity index (χ2n) is 10.5. The van der Waals surface area contributed by atoms with Crippen LogP contribution < -0.4 is 4.90 Å². The first-order valence-electron chi connectivity index (χ1n) is 13.1. The number of fused-ring (bicyclic) bond motifs is 5. The van der Waals surface area contributed by atoms with Crippen LogP contribution in [0, 0.1) is 21.3 Å². The maximum absolute atomic E-state index is 14.6. The van der Waals surface area contributed by atoms with Crippen molar-refractivity contribution in [1.29, 1.82) is 0 Å². The summed E-state index contributed by atoms with van der Waals surface area (Å²) in [5.74, 6) is -2.81. The second-order valence-corrected chi connectivity index (χ2v) is 10.5. The van der Waals surface area contributed by atoms with E-state index >= 15 is 0 Å². The van der Waals surface area contributed by atoms with Crippen LogP contribution in [-0.2, 0) is 0 Å². The van der Waals surface area contributed by atoms with E-state index in [-0.39, 0.29) is 22.4 Å². The number of rotatable bonds is 4. The van der Waals surface area contributed by atoms with E-state index in [9.17, 15) is 28.9 Å². The fraction of sp³-hybridized carbons (Fsp3) is 0.121. The lowest BCUT2D eigenvalue weighted by Gasteiger charge is -2.37. The molecule has 2 aliphatic heterocycles. The van der Waals surface area contributed by atoms with Crippen molar-refractivity contribution in [3.05, 3.63) is 147 Å². The van der Waals surface area contributed by atoms with Gasteiger partial charge in [0.05, 0.1) is 11.0 Å². The molecule has 0 saturated carbocycles. The number of hydrogen-bond donors (Lipinski definition) is 0. The molecule has 1 spiro atoms. The molecule has 41 heavy (non-hydrogen) atoms. The molecule has 8 heteroatoms. The Morgan fingerprint density at radius 1 is 0.854 bits per heavy atom. The van der Waals surface area contributed by atoms with Crippen molar-refractivity contribution in [3.8, 4) is 0 Å². The SMILES string of the molecule is O=C(c1cccc([N+](=O)[O-])c1)[C@H]1[C@H](c2ccc(F)cc2)C2(C(=O)c3ccccc3C2=O)[C@H]2C=Cc3ccccc3N12. The fourth-order valence-electron chi connectivity index (χ4n) is 6.90. The molecule has 0 aromatic heterocycles. The van der Waals surface area contributed by atoms with E-state index in [1.165, 1.54) is 48.5 Å². The van der Waals surface area contributed by atoms with Crippen LogP contribution in [0.2, 0.25) is 0 Å². The molecule has 1 aliphatic carbocycles. The first-order valence-corrected chi connectivity index (χ1v) is 13.1. The third kappa shape index (κ3) is 3.34. The molecule has 1 fully saturated rings. The summed E-state index contributed by atoms with van der Waals surface area (Å²) in [6.07, 6.45) is 3.64. The van der Waals surface area contributed by atoms with E-state index in [0.717, 1.165) is 5.56 Å². The molecular weight excluding hydrogens is 523 g/mol. The van der Waals surface area contributed by atoms with Gasteiger partial charge in [-0.3, -0.25) is 24.5 Å². The molecule has 3 aliphatic rings. The van der Waals surface area contributed by atoms with E-state index in [2.05, 4.69) is 0 Å². The predicted molar refractivity (Wildman–Crippen MR) is 150 cm³/mol. The number of para-hydroxylation sites is 1. The van der Waals surface area contributed by atoms with Gasteiger partial charge in [-0.05, 0) is 29.3 Å². The van der Waals surface area contributed by atoms with Gasteiger partial charge in [-0.15, -0.1) is 0 Å². The monoisotopic (exact) mass is 544 g/mol. The molecule has 7 nitrogen and oxygen atoms in total. The molecule has 7 rings (SSSR count). The summed E-state index contributed by atoms with van der Waals surface area (Å²) >= 11 is 0. The smallest absolute Gasteiger partial charge is 0.270 e. The van der Waals surface area contributed by atoms with E-state index < -0.39 is 51.5 Å². The lowest BCUT2D eigenvalue weighted by molar-refractivity contribution is -0.384. The Labute approximate surface area is 233 Å². The van der Waals surface area contributed by atoms with Crippen molar-refractivity contribution in [2.75, 3.05) is 4.90 Å². The van der Waals surface area contributed by atoms with Crippen LogP contribution in [0.4, 0.5) is 15.8 Å². The summed E-state index contributed by atoms with van der Waals surface area (Å²) in [4.78, 5) is 56.5. The molecule has 1 saturated heterocycles. The van der Waals surface area contributed by atoms with Crippen molar-refractivity contribution in [3.63, 3.8) is 0 Å². The van der Waals surface area contributed by atoms with Gasteiger partial charge in [0.1, 0.15) is 17.3 Å². The average molecular weight is 545 g/mol. The van der Waals surface area contributed by atoms with Gasteiger partial charge in [0.25, 0.3) is 5.69 Å². The van der Waals surface area contributed by atoms with Gasteiger partial charge < -0.3 is 4.90 Å². The topological polar surface area (TPSA) is 97.6 Å². The Balaban J connectivity index is 1.54. The number of carbonyl (C=O) groups excluding carboxylic acids is 3. The third-order valence-corrected chi connectivity index (χ3v) is 8.55. The molecule has 0 N–H and O–H groups in total. The second kappa shape index (κ2) is 8.89. The Kier molecular flexibility index (Phi) is 5.37. The summed E-state index contributed by atoms with van der Waals surface area (Å²) in [5, 5.41) is 11.6. The Morgan fingerprint density at radius 2 is 1.51 bits per heavy atom. The van der Waals surface area contributed by atoms with Gasteiger partial charge in [-0.1, -0.05) is 78.9 Å². The van der Waals surface area contributed by atoms with Gasteiger partial charge in [-0.2, -0.15) is 0 Å². The first kappa shape index (κ1) is 24.8. The Bertz CT molecular complexity index is 1790. The van der Waals surface area contributed by atoms with Gasteiger partial charge in [0.2, 0.25) is 0 Å². The molecule has 200 valence electrons. The van der Waals surface area contributed by atoms with Crippen LogP contribution in [0.15, 0.2) is 103 Å². The van der Waals surface area contributed by atoms with Crippen LogP contribution in [0.5, 0.6) is 0 Å². The van der Waals surface area contributed by atoms with Crippen molar-refractivity contribution < 1.29 is 23.7 Å².